The fourth-order valence-electron chi connectivity index (χ4n) is 4.29. The molecular formula is C18H25NO3S. The molecule has 3 rings (SSSR count). The Morgan fingerprint density at radius 1 is 1.26 bits per heavy atom. The van der Waals surface area contributed by atoms with E-state index in [2.05, 4.69) is 24.4 Å². The molecule has 5 heteroatoms. The lowest BCUT2D eigenvalue weighted by atomic mass is 9.73. The summed E-state index contributed by atoms with van der Waals surface area (Å²) in [7, 11) is -3.28. The van der Waals surface area contributed by atoms with Crippen LogP contribution in [0.1, 0.15) is 43.2 Å². The number of hydrogen-bond donors (Lipinski definition) is 1. The van der Waals surface area contributed by atoms with E-state index in [0.717, 1.165) is 25.7 Å². The maximum absolute atomic E-state index is 13.0. The van der Waals surface area contributed by atoms with Gasteiger partial charge >= 0.3 is 0 Å². The van der Waals surface area contributed by atoms with E-state index in [4.69, 9.17) is 0 Å². The van der Waals surface area contributed by atoms with Gasteiger partial charge < -0.3 is 5.32 Å². The normalized spacial score (nSPS) is 30.7. The van der Waals surface area contributed by atoms with Crippen molar-refractivity contribution in [1.29, 1.82) is 0 Å². The number of benzene rings is 1. The Morgan fingerprint density at radius 3 is 2.83 bits per heavy atom. The van der Waals surface area contributed by atoms with E-state index in [9.17, 15) is 13.2 Å². The fourth-order valence-corrected chi connectivity index (χ4v) is 6.58. The summed E-state index contributed by atoms with van der Waals surface area (Å²) < 4.78 is 25.2. The Bertz CT molecular complexity index is 698. The summed E-state index contributed by atoms with van der Waals surface area (Å²) in [4.78, 5) is 12.1. The summed E-state index contributed by atoms with van der Waals surface area (Å²) in [6.45, 7) is 2.32. The molecule has 126 valence electrons. The topological polar surface area (TPSA) is 63.2 Å². The molecule has 1 heterocycles. The van der Waals surface area contributed by atoms with Crippen molar-refractivity contribution in [3.05, 3.63) is 35.4 Å². The van der Waals surface area contributed by atoms with Gasteiger partial charge in [-0.1, -0.05) is 37.1 Å². The highest BCUT2D eigenvalue weighted by Crippen LogP contribution is 2.45. The Kier molecular flexibility index (Phi) is 4.50. The van der Waals surface area contributed by atoms with Crippen LogP contribution >= 0.6 is 0 Å². The molecule has 1 aliphatic carbocycles. The average molecular weight is 335 g/mol. The smallest absolute Gasteiger partial charge is 0.221 e. The fraction of sp³-hybridized carbons (Fsp3) is 0.611. The van der Waals surface area contributed by atoms with E-state index in [1.165, 1.54) is 11.1 Å². The van der Waals surface area contributed by atoms with E-state index in [0.29, 0.717) is 6.42 Å². The molecule has 1 spiro atoms. The molecule has 1 saturated heterocycles. The molecule has 2 atom stereocenters. The zero-order valence-corrected chi connectivity index (χ0v) is 14.5. The quantitative estimate of drug-likeness (QED) is 0.903. The van der Waals surface area contributed by atoms with Crippen LogP contribution in [0.4, 0.5) is 0 Å². The van der Waals surface area contributed by atoms with Crippen LogP contribution in [0.5, 0.6) is 0 Å². The van der Waals surface area contributed by atoms with Crippen LogP contribution in [0.3, 0.4) is 0 Å². The van der Waals surface area contributed by atoms with Gasteiger partial charge in [0.2, 0.25) is 5.91 Å². The summed E-state index contributed by atoms with van der Waals surface area (Å²) in [5.74, 6) is -0.00261. The van der Waals surface area contributed by atoms with Gasteiger partial charge in [0.05, 0.1) is 10.5 Å². The number of nitrogens with one attached hydrogen (secondary N) is 1. The first kappa shape index (κ1) is 16.5. The van der Waals surface area contributed by atoms with E-state index in [1.807, 2.05) is 12.1 Å². The second-order valence-corrected chi connectivity index (χ2v) is 9.43. The summed E-state index contributed by atoms with van der Waals surface area (Å²) in [6.07, 6.45) is 4.34. The van der Waals surface area contributed by atoms with Crippen LogP contribution in [0.2, 0.25) is 0 Å². The number of carbonyl (C=O) groups excluding carboxylic acids is 1. The largest absolute Gasteiger partial charge is 0.355 e. The van der Waals surface area contributed by atoms with Crippen molar-refractivity contribution in [2.24, 2.45) is 5.92 Å². The predicted octanol–water partition coefficient (Wildman–Crippen LogP) is 2.40. The third-order valence-electron chi connectivity index (χ3n) is 5.65. The Morgan fingerprint density at radius 2 is 2.04 bits per heavy atom. The number of sulfone groups is 1. The van der Waals surface area contributed by atoms with Crippen molar-refractivity contribution < 1.29 is 13.2 Å². The number of aryl methyl sites for hydroxylation is 1. The molecule has 2 unspecified atom stereocenters. The maximum Gasteiger partial charge on any atom is 0.221 e. The Balaban J connectivity index is 1.99. The first-order valence-electron chi connectivity index (χ1n) is 8.48. The van der Waals surface area contributed by atoms with Crippen molar-refractivity contribution in [3.63, 3.8) is 0 Å². The zero-order valence-electron chi connectivity index (χ0n) is 13.7. The van der Waals surface area contributed by atoms with Gasteiger partial charge in [-0.15, -0.1) is 0 Å². The van der Waals surface area contributed by atoms with Crippen molar-refractivity contribution in [1.82, 2.24) is 5.32 Å². The van der Waals surface area contributed by atoms with Gasteiger partial charge in [-0.3, -0.25) is 4.79 Å². The van der Waals surface area contributed by atoms with Crippen LogP contribution in [0, 0.1) is 12.8 Å². The standard InChI is InChI=1S/C18H25NO3S/c1-14-6-2-3-7-15(14)12-16-8-4-5-9-18(16)13-17(20)19-10-11-23(18,21)22/h2-3,6-7,16H,4-5,8-13H2,1H3,(H,19,20). The molecule has 1 saturated carbocycles. The van der Waals surface area contributed by atoms with Crippen molar-refractivity contribution >= 4 is 15.7 Å². The number of rotatable bonds is 2. The molecule has 1 amide bonds. The number of amides is 1. The Labute approximate surface area is 138 Å². The van der Waals surface area contributed by atoms with Gasteiger partial charge in [-0.2, -0.15) is 0 Å². The number of carbonyl (C=O) groups is 1. The predicted molar refractivity (Wildman–Crippen MR) is 91.0 cm³/mol. The van der Waals surface area contributed by atoms with E-state index in [1.54, 1.807) is 0 Å². The first-order chi connectivity index (χ1) is 10.9. The molecule has 1 aromatic carbocycles. The lowest BCUT2D eigenvalue weighted by Gasteiger charge is -2.42. The highest BCUT2D eigenvalue weighted by molar-refractivity contribution is 7.92. The third kappa shape index (κ3) is 3.03. The SMILES string of the molecule is Cc1ccccc1CC1CCCCC12CC(=O)NCCS2(=O)=O. The second-order valence-electron chi connectivity index (χ2n) is 6.98. The number of hydrogen-bond acceptors (Lipinski definition) is 3. The Hall–Kier alpha value is -1.36. The van der Waals surface area contributed by atoms with Crippen molar-refractivity contribution in [3.8, 4) is 0 Å². The first-order valence-corrected chi connectivity index (χ1v) is 10.1. The van der Waals surface area contributed by atoms with E-state index < -0.39 is 14.6 Å². The maximum atomic E-state index is 13.0. The molecular weight excluding hydrogens is 310 g/mol. The van der Waals surface area contributed by atoms with Crippen molar-refractivity contribution in [2.45, 2.75) is 50.2 Å². The molecule has 2 fully saturated rings. The molecule has 1 N–H and O–H groups in total. The van der Waals surface area contributed by atoms with Gasteiger partial charge in [0, 0.05) is 13.0 Å². The third-order valence-corrected chi connectivity index (χ3v) is 8.31. The summed E-state index contributed by atoms with van der Waals surface area (Å²) >= 11 is 0. The summed E-state index contributed by atoms with van der Waals surface area (Å²) in [6, 6.07) is 8.16. The lowest BCUT2D eigenvalue weighted by molar-refractivity contribution is -0.121. The molecule has 4 nitrogen and oxygen atoms in total. The van der Waals surface area contributed by atoms with Crippen LogP contribution in [-0.2, 0) is 21.1 Å². The molecule has 1 aliphatic heterocycles. The molecule has 1 aromatic rings. The van der Waals surface area contributed by atoms with Gasteiger partial charge in [0.1, 0.15) is 0 Å². The molecule has 0 bridgehead atoms. The van der Waals surface area contributed by atoms with Gasteiger partial charge in [-0.25, -0.2) is 8.42 Å². The highest BCUT2D eigenvalue weighted by Gasteiger charge is 2.52. The van der Waals surface area contributed by atoms with Gasteiger partial charge in [0.15, 0.2) is 9.84 Å². The lowest BCUT2D eigenvalue weighted by Crippen LogP contribution is -2.50. The zero-order chi connectivity index (χ0) is 16.5. The minimum atomic E-state index is -3.28. The summed E-state index contributed by atoms with van der Waals surface area (Å²) in [5.41, 5.74) is 2.40. The van der Waals surface area contributed by atoms with E-state index in [-0.39, 0.29) is 30.5 Å². The van der Waals surface area contributed by atoms with Crippen molar-refractivity contribution in [2.75, 3.05) is 12.3 Å². The van der Waals surface area contributed by atoms with Crippen LogP contribution in [-0.4, -0.2) is 31.4 Å². The van der Waals surface area contributed by atoms with Crippen LogP contribution in [0.25, 0.3) is 0 Å². The van der Waals surface area contributed by atoms with E-state index >= 15 is 0 Å². The minimum absolute atomic E-state index is 0.0335. The summed E-state index contributed by atoms with van der Waals surface area (Å²) in [5, 5.41) is 2.75. The van der Waals surface area contributed by atoms with Gasteiger partial charge in [-0.05, 0) is 43.2 Å². The molecule has 0 aromatic heterocycles. The molecule has 2 aliphatic rings. The average Bonchev–Trinajstić information content (AvgIpc) is 2.61. The molecule has 23 heavy (non-hydrogen) atoms. The highest BCUT2D eigenvalue weighted by atomic mass is 32.2. The molecule has 0 radical (unpaired) electrons. The van der Waals surface area contributed by atoms with Crippen LogP contribution in [0.15, 0.2) is 24.3 Å². The minimum Gasteiger partial charge on any atom is -0.355 e. The van der Waals surface area contributed by atoms with Gasteiger partial charge in [0.25, 0.3) is 0 Å². The monoisotopic (exact) mass is 335 g/mol. The van der Waals surface area contributed by atoms with Crippen LogP contribution < -0.4 is 5.32 Å². The second kappa shape index (κ2) is 6.27.